The normalized spacial score (nSPS) is 15.6. The average Bonchev–Trinajstić information content (AvgIpc) is 2.94. The van der Waals surface area contributed by atoms with Crippen molar-refractivity contribution in [2.45, 2.75) is 17.7 Å². The van der Waals surface area contributed by atoms with Crippen molar-refractivity contribution in [3.05, 3.63) is 84.9 Å². The smallest absolute Gasteiger partial charge is 0.264 e. The average molecular weight is 534 g/mol. The van der Waals surface area contributed by atoms with Crippen LogP contribution >= 0.6 is 0 Å². The summed E-state index contributed by atoms with van der Waals surface area (Å²) in [4.78, 5) is 22.7. The number of nitrogens with one attached hydrogen (secondary N) is 2. The molecular weight excluding hydrogens is 509 g/mol. The Morgan fingerprint density at radius 2 is 1.68 bits per heavy atom. The molecule has 194 valence electrons. The lowest BCUT2D eigenvalue weighted by Gasteiger charge is -2.32. The van der Waals surface area contributed by atoms with Crippen LogP contribution in [0.25, 0.3) is 11.3 Å². The highest BCUT2D eigenvalue weighted by atomic mass is 32.2. The fourth-order valence-corrected chi connectivity index (χ4v) is 5.12. The summed E-state index contributed by atoms with van der Waals surface area (Å²) in [6, 6.07) is 17.2. The van der Waals surface area contributed by atoms with Gasteiger partial charge in [0.2, 0.25) is 11.9 Å². The molecule has 5 rings (SSSR count). The van der Waals surface area contributed by atoms with Crippen LogP contribution in [0.5, 0.6) is 0 Å². The van der Waals surface area contributed by atoms with Crippen LogP contribution in [-0.4, -0.2) is 47.6 Å². The van der Waals surface area contributed by atoms with Gasteiger partial charge < -0.3 is 10.2 Å². The zero-order chi connectivity index (χ0) is 26.5. The molecule has 10 nitrogen and oxygen atoms in total. The quantitative estimate of drug-likeness (QED) is 0.368. The van der Waals surface area contributed by atoms with Gasteiger partial charge in [0.1, 0.15) is 5.82 Å². The van der Waals surface area contributed by atoms with Gasteiger partial charge in [0.05, 0.1) is 16.5 Å². The van der Waals surface area contributed by atoms with E-state index in [2.05, 4.69) is 30.2 Å². The Balaban J connectivity index is 1.20. The molecule has 1 aliphatic rings. The standard InChI is InChI=1S/C26H24FN7O3S/c27-20-6-4-18(5-7-20)23-12-13-24(32-31-23)34-16-1-3-19(17-34)25(35)30-21-8-10-22(11-9-21)38(36,37)33-26-28-14-2-15-29-26/h2,4-15,19H,1,3,16-17H2,(H,30,35)(H,28,29,33). The molecule has 0 radical (unpaired) electrons. The molecular formula is C26H24FN7O3S. The monoisotopic (exact) mass is 533 g/mol. The molecule has 1 saturated heterocycles. The Morgan fingerprint density at radius 3 is 2.37 bits per heavy atom. The Bertz CT molecular complexity index is 1500. The summed E-state index contributed by atoms with van der Waals surface area (Å²) in [6.45, 7) is 1.23. The van der Waals surface area contributed by atoms with Crippen molar-refractivity contribution < 1.29 is 17.6 Å². The lowest BCUT2D eigenvalue weighted by molar-refractivity contribution is -0.120. The van der Waals surface area contributed by atoms with Crippen LogP contribution in [0, 0.1) is 11.7 Å². The van der Waals surface area contributed by atoms with Crippen molar-refractivity contribution in [2.24, 2.45) is 5.92 Å². The summed E-state index contributed by atoms with van der Waals surface area (Å²) in [6.07, 6.45) is 4.40. The molecule has 1 unspecified atom stereocenters. The molecule has 0 bridgehead atoms. The molecule has 1 aliphatic heterocycles. The summed E-state index contributed by atoms with van der Waals surface area (Å²) >= 11 is 0. The first kappa shape index (κ1) is 25.2. The predicted octanol–water partition coefficient (Wildman–Crippen LogP) is 3.73. The number of benzene rings is 2. The predicted molar refractivity (Wildman–Crippen MR) is 140 cm³/mol. The third-order valence-electron chi connectivity index (χ3n) is 6.13. The number of hydrogen-bond acceptors (Lipinski definition) is 8. The van der Waals surface area contributed by atoms with Gasteiger partial charge in [-0.15, -0.1) is 10.2 Å². The second-order valence-corrected chi connectivity index (χ2v) is 10.4. The molecule has 1 atom stereocenters. The second-order valence-electron chi connectivity index (χ2n) is 8.76. The molecule has 0 aliphatic carbocycles. The molecule has 38 heavy (non-hydrogen) atoms. The number of hydrogen-bond donors (Lipinski definition) is 2. The minimum absolute atomic E-state index is 0.0226. The maximum absolute atomic E-state index is 13.2. The lowest BCUT2D eigenvalue weighted by atomic mass is 9.97. The van der Waals surface area contributed by atoms with Crippen LogP contribution in [0.4, 0.5) is 21.8 Å². The van der Waals surface area contributed by atoms with Gasteiger partial charge in [0.15, 0.2) is 5.82 Å². The van der Waals surface area contributed by atoms with Gasteiger partial charge in [0.25, 0.3) is 10.0 Å². The first-order chi connectivity index (χ1) is 18.4. The van der Waals surface area contributed by atoms with E-state index in [1.165, 1.54) is 36.7 Å². The zero-order valence-electron chi connectivity index (χ0n) is 20.2. The van der Waals surface area contributed by atoms with Crippen molar-refractivity contribution in [2.75, 3.05) is 28.0 Å². The van der Waals surface area contributed by atoms with Crippen LogP contribution in [0.2, 0.25) is 0 Å². The fraction of sp³-hybridized carbons (Fsp3) is 0.192. The number of anilines is 3. The molecule has 2 aromatic heterocycles. The maximum Gasteiger partial charge on any atom is 0.264 e. The lowest BCUT2D eigenvalue weighted by Crippen LogP contribution is -2.41. The number of rotatable bonds is 7. The van der Waals surface area contributed by atoms with E-state index in [-0.39, 0.29) is 28.5 Å². The van der Waals surface area contributed by atoms with Gasteiger partial charge in [-0.05, 0) is 79.6 Å². The molecule has 4 aromatic rings. The summed E-state index contributed by atoms with van der Waals surface area (Å²) in [5.74, 6) is -0.105. The van der Waals surface area contributed by atoms with Crippen molar-refractivity contribution in [3.63, 3.8) is 0 Å². The van der Waals surface area contributed by atoms with E-state index in [4.69, 9.17) is 0 Å². The van der Waals surface area contributed by atoms with E-state index >= 15 is 0 Å². The molecule has 1 amide bonds. The fourth-order valence-electron chi connectivity index (χ4n) is 4.16. The van der Waals surface area contributed by atoms with Crippen LogP contribution in [-0.2, 0) is 14.8 Å². The molecule has 1 fully saturated rings. The highest BCUT2D eigenvalue weighted by molar-refractivity contribution is 7.92. The Kier molecular flexibility index (Phi) is 7.22. The van der Waals surface area contributed by atoms with Crippen LogP contribution in [0.15, 0.2) is 84.0 Å². The number of nitrogens with zero attached hydrogens (tertiary/aromatic N) is 5. The highest BCUT2D eigenvalue weighted by Gasteiger charge is 2.27. The third kappa shape index (κ3) is 5.92. The summed E-state index contributed by atoms with van der Waals surface area (Å²) in [5.41, 5.74) is 1.90. The van der Waals surface area contributed by atoms with E-state index in [0.29, 0.717) is 23.7 Å². The largest absolute Gasteiger partial charge is 0.354 e. The van der Waals surface area contributed by atoms with Gasteiger partial charge in [0, 0.05) is 36.7 Å². The molecule has 2 aromatic carbocycles. The van der Waals surface area contributed by atoms with Gasteiger partial charge in [-0.1, -0.05) is 0 Å². The van der Waals surface area contributed by atoms with Gasteiger partial charge in [-0.2, -0.15) is 0 Å². The van der Waals surface area contributed by atoms with Crippen LogP contribution < -0.4 is 14.9 Å². The van der Waals surface area contributed by atoms with E-state index in [0.717, 1.165) is 24.9 Å². The number of sulfonamides is 1. The van der Waals surface area contributed by atoms with Crippen molar-refractivity contribution in [1.29, 1.82) is 0 Å². The summed E-state index contributed by atoms with van der Waals surface area (Å²) in [5, 5.41) is 11.5. The Labute approximate surface area is 219 Å². The summed E-state index contributed by atoms with van der Waals surface area (Å²) in [7, 11) is -3.86. The van der Waals surface area contributed by atoms with E-state index in [1.807, 2.05) is 17.0 Å². The van der Waals surface area contributed by atoms with Crippen molar-refractivity contribution in [3.8, 4) is 11.3 Å². The molecule has 0 saturated carbocycles. The third-order valence-corrected chi connectivity index (χ3v) is 7.47. The number of carbonyl (C=O) groups excluding carboxylic acids is 1. The van der Waals surface area contributed by atoms with Gasteiger partial charge in [-0.3, -0.25) is 4.79 Å². The Hall–Kier alpha value is -4.45. The van der Waals surface area contributed by atoms with Crippen LogP contribution in [0.1, 0.15) is 12.8 Å². The van der Waals surface area contributed by atoms with Crippen LogP contribution in [0.3, 0.4) is 0 Å². The highest BCUT2D eigenvalue weighted by Crippen LogP contribution is 2.25. The SMILES string of the molecule is O=C(Nc1ccc(S(=O)(=O)Nc2ncccn2)cc1)C1CCCN(c2ccc(-c3ccc(F)cc3)nn2)C1. The molecule has 12 heteroatoms. The van der Waals surface area contributed by atoms with Crippen molar-refractivity contribution in [1.82, 2.24) is 20.2 Å². The number of carbonyl (C=O) groups is 1. The molecule has 0 spiro atoms. The Morgan fingerprint density at radius 1 is 0.947 bits per heavy atom. The minimum atomic E-state index is -3.86. The molecule has 3 heterocycles. The van der Waals surface area contributed by atoms with Gasteiger partial charge in [-0.25, -0.2) is 27.5 Å². The first-order valence-corrected chi connectivity index (χ1v) is 13.4. The number of aromatic nitrogens is 4. The topological polar surface area (TPSA) is 130 Å². The van der Waals surface area contributed by atoms with Gasteiger partial charge >= 0.3 is 0 Å². The molecule has 2 N–H and O–H groups in total. The van der Waals surface area contributed by atoms with E-state index in [1.54, 1.807) is 30.3 Å². The second kappa shape index (κ2) is 10.9. The number of piperidine rings is 1. The van der Waals surface area contributed by atoms with E-state index in [9.17, 15) is 17.6 Å². The number of amides is 1. The maximum atomic E-state index is 13.2. The van der Waals surface area contributed by atoms with E-state index < -0.39 is 10.0 Å². The first-order valence-electron chi connectivity index (χ1n) is 11.9. The zero-order valence-corrected chi connectivity index (χ0v) is 21.0. The van der Waals surface area contributed by atoms with Crippen molar-refractivity contribution >= 4 is 33.4 Å². The minimum Gasteiger partial charge on any atom is -0.354 e. The number of halogens is 1. The summed E-state index contributed by atoms with van der Waals surface area (Å²) < 4.78 is 40.6.